The number of nitrogens with zero attached hydrogens (tertiary/aromatic N) is 3. The normalized spacial score (nSPS) is 17.5. The van der Waals surface area contributed by atoms with E-state index in [-0.39, 0.29) is 36.6 Å². The maximum Gasteiger partial charge on any atom is 0.573 e. The summed E-state index contributed by atoms with van der Waals surface area (Å²) < 4.78 is 42.9. The molecule has 12 heteroatoms. The highest BCUT2D eigenvalue weighted by Gasteiger charge is 2.32. The lowest BCUT2D eigenvalue weighted by Gasteiger charge is -2.30. The predicted molar refractivity (Wildman–Crippen MR) is 151 cm³/mol. The third-order valence-electron chi connectivity index (χ3n) is 6.15. The lowest BCUT2D eigenvalue weighted by molar-refractivity contribution is -0.274. The molecule has 0 spiro atoms. The van der Waals surface area contributed by atoms with Gasteiger partial charge in [-0.2, -0.15) is 4.98 Å². The van der Waals surface area contributed by atoms with Crippen LogP contribution in [0.25, 0.3) is 10.9 Å². The molecule has 0 aliphatic heterocycles. The molecule has 6 nitrogen and oxygen atoms in total. The highest BCUT2D eigenvalue weighted by Crippen LogP contribution is 2.30. The van der Waals surface area contributed by atoms with Crippen LogP contribution in [0, 0.1) is 0 Å². The van der Waals surface area contributed by atoms with Gasteiger partial charge in [0.1, 0.15) is 11.6 Å². The smallest absolute Gasteiger partial charge is 0.405 e. The van der Waals surface area contributed by atoms with Gasteiger partial charge in [-0.1, -0.05) is 34.1 Å². The molecule has 1 saturated carbocycles. The van der Waals surface area contributed by atoms with E-state index in [0.29, 0.717) is 35.0 Å². The van der Waals surface area contributed by atoms with Gasteiger partial charge in [-0.05, 0) is 68.5 Å². The molecule has 1 aliphatic carbocycles. The minimum Gasteiger partial charge on any atom is -0.405 e. The largest absolute Gasteiger partial charge is 0.573 e. The molecule has 1 heterocycles. The molecule has 1 fully saturated rings. The first-order valence-electron chi connectivity index (χ1n) is 11.7. The van der Waals surface area contributed by atoms with E-state index in [0.717, 1.165) is 42.4 Å². The highest BCUT2D eigenvalue weighted by atomic mass is 79.9. The molecule has 0 amide bonds. The molecular formula is C25H31BrCl2F3N5O. The Morgan fingerprint density at radius 3 is 2.35 bits per heavy atom. The Balaban J connectivity index is 0.00000241. The van der Waals surface area contributed by atoms with Gasteiger partial charge in [-0.15, -0.1) is 38.0 Å². The van der Waals surface area contributed by atoms with Crippen LogP contribution in [-0.2, 0) is 6.42 Å². The van der Waals surface area contributed by atoms with Crippen LogP contribution in [0.2, 0.25) is 0 Å². The van der Waals surface area contributed by atoms with E-state index in [1.807, 2.05) is 43.3 Å². The van der Waals surface area contributed by atoms with Crippen molar-refractivity contribution in [1.82, 2.24) is 15.3 Å². The number of para-hydroxylation sites is 1. The first-order chi connectivity index (χ1) is 16.7. The molecule has 204 valence electrons. The molecule has 2 N–H and O–H groups in total. The van der Waals surface area contributed by atoms with E-state index in [4.69, 9.17) is 9.97 Å². The summed E-state index contributed by atoms with van der Waals surface area (Å²) >= 11 is 3.21. The second-order valence-corrected chi connectivity index (χ2v) is 9.89. The number of rotatable bonds is 8. The predicted octanol–water partition coefficient (Wildman–Crippen LogP) is 6.76. The third-order valence-corrected chi connectivity index (χ3v) is 6.64. The number of hydrogen-bond donors (Lipinski definition) is 2. The summed E-state index contributed by atoms with van der Waals surface area (Å²) in [5.41, 5.74) is 1.43. The Hall–Kier alpha value is -2.01. The Labute approximate surface area is 235 Å². The zero-order valence-electron chi connectivity index (χ0n) is 20.5. The van der Waals surface area contributed by atoms with Crippen LogP contribution in [0.5, 0.6) is 5.75 Å². The van der Waals surface area contributed by atoms with Crippen LogP contribution < -0.4 is 20.3 Å². The van der Waals surface area contributed by atoms with Crippen molar-refractivity contribution in [3.05, 3.63) is 52.5 Å². The molecule has 2 aromatic carbocycles. The van der Waals surface area contributed by atoms with Gasteiger partial charge in [0, 0.05) is 36.0 Å². The number of nitrogens with one attached hydrogen (secondary N) is 2. The van der Waals surface area contributed by atoms with Gasteiger partial charge in [0.05, 0.1) is 5.52 Å². The highest BCUT2D eigenvalue weighted by molar-refractivity contribution is 9.10. The molecular weight excluding hydrogens is 594 g/mol. The summed E-state index contributed by atoms with van der Waals surface area (Å²) in [4.78, 5) is 11.4. The van der Waals surface area contributed by atoms with E-state index < -0.39 is 6.36 Å². The first kappa shape index (κ1) is 31.2. The Morgan fingerprint density at radius 2 is 1.68 bits per heavy atom. The van der Waals surface area contributed by atoms with Crippen LogP contribution >= 0.6 is 40.7 Å². The van der Waals surface area contributed by atoms with Crippen molar-refractivity contribution in [2.75, 3.05) is 30.9 Å². The van der Waals surface area contributed by atoms with Crippen molar-refractivity contribution in [1.29, 1.82) is 0 Å². The summed E-state index contributed by atoms with van der Waals surface area (Å²) in [6.45, 7) is 0.582. The molecule has 1 aliphatic rings. The van der Waals surface area contributed by atoms with Crippen LogP contribution in [-0.4, -0.2) is 49.1 Å². The number of benzene rings is 2. The van der Waals surface area contributed by atoms with Gasteiger partial charge in [-0.25, -0.2) is 4.98 Å². The maximum atomic E-state index is 12.7. The summed E-state index contributed by atoms with van der Waals surface area (Å²) in [5, 5.41) is 8.01. The average Bonchev–Trinajstić information content (AvgIpc) is 2.80. The molecule has 1 aromatic heterocycles. The van der Waals surface area contributed by atoms with Crippen LogP contribution in [0.1, 0.15) is 31.2 Å². The van der Waals surface area contributed by atoms with Crippen molar-refractivity contribution < 1.29 is 17.9 Å². The number of halogens is 6. The Bertz CT molecular complexity index is 1160. The van der Waals surface area contributed by atoms with Crippen LogP contribution in [0.3, 0.4) is 0 Å². The summed E-state index contributed by atoms with van der Waals surface area (Å²) in [6, 6.07) is 13.3. The minimum atomic E-state index is -4.71. The molecule has 0 radical (unpaired) electrons. The number of anilines is 2. The summed E-state index contributed by atoms with van der Waals surface area (Å²) in [7, 11) is 3.95. The molecule has 37 heavy (non-hydrogen) atoms. The number of hydrogen-bond acceptors (Lipinski definition) is 6. The number of aromatic nitrogens is 2. The number of fused-ring (bicyclic) bond motifs is 1. The van der Waals surface area contributed by atoms with Crippen LogP contribution in [0.4, 0.5) is 24.9 Å². The maximum absolute atomic E-state index is 12.7. The van der Waals surface area contributed by atoms with Crippen molar-refractivity contribution in [2.24, 2.45) is 0 Å². The van der Waals surface area contributed by atoms with Gasteiger partial charge in [0.15, 0.2) is 0 Å². The molecule has 0 saturated heterocycles. The topological polar surface area (TPSA) is 62.3 Å². The lowest BCUT2D eigenvalue weighted by atomic mass is 9.91. The molecule has 3 aromatic rings. The van der Waals surface area contributed by atoms with Crippen molar-refractivity contribution in [3.63, 3.8) is 0 Å². The van der Waals surface area contributed by atoms with Crippen molar-refractivity contribution in [3.8, 4) is 5.75 Å². The third kappa shape index (κ3) is 8.77. The van der Waals surface area contributed by atoms with E-state index >= 15 is 0 Å². The average molecular weight is 625 g/mol. The first-order valence-corrected chi connectivity index (χ1v) is 12.5. The lowest BCUT2D eigenvalue weighted by Crippen LogP contribution is -2.38. The second kappa shape index (κ2) is 13.7. The standard InChI is InChI=1S/C25H29BrF3N5O.2ClH/c1-34(2)23-20-5-3-4-6-21(20)32-24(33-23)31-19-11-9-18(10-12-19)30-14-13-16-7-8-17(26)15-22(16)35-25(27,28)29;;/h3-8,15,18-19,30H,9-14H2,1-2H3,(H,31,32,33);2*1H/t18-,19+;;. The van der Waals surface area contributed by atoms with Gasteiger partial charge < -0.3 is 20.3 Å². The van der Waals surface area contributed by atoms with E-state index in [1.54, 1.807) is 12.1 Å². The second-order valence-electron chi connectivity index (χ2n) is 8.98. The summed E-state index contributed by atoms with van der Waals surface area (Å²) in [6.07, 6.45) is -0.390. The monoisotopic (exact) mass is 623 g/mol. The van der Waals surface area contributed by atoms with Gasteiger partial charge >= 0.3 is 6.36 Å². The number of alkyl halides is 3. The van der Waals surface area contributed by atoms with Crippen molar-refractivity contribution in [2.45, 2.75) is 50.6 Å². The molecule has 0 unspecified atom stereocenters. The Morgan fingerprint density at radius 1 is 1.00 bits per heavy atom. The van der Waals surface area contributed by atoms with Crippen LogP contribution in [0.15, 0.2) is 46.9 Å². The SMILES string of the molecule is CN(C)c1nc(N[C@H]2CC[C@@H](NCCc3ccc(Br)cc3OC(F)(F)F)CC2)nc2ccccc12.Cl.Cl. The summed E-state index contributed by atoms with van der Waals surface area (Å²) in [5.74, 6) is 1.36. The minimum absolute atomic E-state index is 0. The zero-order chi connectivity index (χ0) is 25.0. The molecule has 4 rings (SSSR count). The fourth-order valence-electron chi connectivity index (χ4n) is 4.46. The number of ether oxygens (including phenoxy) is 1. The van der Waals surface area contributed by atoms with Gasteiger partial charge in [0.2, 0.25) is 5.95 Å². The van der Waals surface area contributed by atoms with Crippen molar-refractivity contribution >= 4 is 63.4 Å². The van der Waals surface area contributed by atoms with E-state index in [1.165, 1.54) is 6.07 Å². The van der Waals surface area contributed by atoms with Gasteiger partial charge in [0.25, 0.3) is 0 Å². The molecule has 0 atom stereocenters. The van der Waals surface area contributed by atoms with E-state index in [9.17, 15) is 13.2 Å². The zero-order valence-corrected chi connectivity index (χ0v) is 23.7. The quantitative estimate of drug-likeness (QED) is 0.289. The fourth-order valence-corrected chi connectivity index (χ4v) is 4.80. The fraction of sp³-hybridized carbons (Fsp3) is 0.440. The van der Waals surface area contributed by atoms with Gasteiger partial charge in [-0.3, -0.25) is 0 Å². The Kier molecular flexibility index (Phi) is 11.5. The molecule has 0 bridgehead atoms. The van der Waals surface area contributed by atoms with E-state index in [2.05, 4.69) is 31.3 Å².